The summed E-state index contributed by atoms with van der Waals surface area (Å²) in [6, 6.07) is 11.1. The number of amides is 2. The second-order valence-electron chi connectivity index (χ2n) is 9.39. The molecule has 1 aliphatic heterocycles. The molecule has 3 aromatic rings. The SMILES string of the molecule is Cc1cccc(N2C(=O)c3cc(-c4ccco4)nn3C[C@]2(C)C(=O)NC(C)(C)C)c1C. The van der Waals surface area contributed by atoms with Gasteiger partial charge in [-0.05, 0) is 70.9 Å². The number of carbonyl (C=O) groups is 2. The van der Waals surface area contributed by atoms with Gasteiger partial charge in [-0.3, -0.25) is 19.2 Å². The van der Waals surface area contributed by atoms with E-state index in [0.29, 0.717) is 17.1 Å². The van der Waals surface area contributed by atoms with Crippen LogP contribution in [0.5, 0.6) is 0 Å². The smallest absolute Gasteiger partial charge is 0.277 e. The molecule has 7 nitrogen and oxygen atoms in total. The van der Waals surface area contributed by atoms with E-state index in [1.54, 1.807) is 41.0 Å². The highest BCUT2D eigenvalue weighted by atomic mass is 16.3. The van der Waals surface area contributed by atoms with E-state index in [9.17, 15) is 9.59 Å². The average molecular weight is 421 g/mol. The molecule has 0 fully saturated rings. The lowest BCUT2D eigenvalue weighted by atomic mass is 9.91. The van der Waals surface area contributed by atoms with Gasteiger partial charge in [0.15, 0.2) is 5.76 Å². The first-order valence-corrected chi connectivity index (χ1v) is 10.4. The third-order valence-electron chi connectivity index (χ3n) is 5.72. The van der Waals surface area contributed by atoms with Crippen molar-refractivity contribution < 1.29 is 14.0 Å². The second-order valence-corrected chi connectivity index (χ2v) is 9.39. The van der Waals surface area contributed by atoms with E-state index in [-0.39, 0.29) is 18.4 Å². The number of aryl methyl sites for hydroxylation is 1. The first-order chi connectivity index (χ1) is 14.5. The zero-order valence-electron chi connectivity index (χ0n) is 18.8. The van der Waals surface area contributed by atoms with Gasteiger partial charge in [-0.25, -0.2) is 0 Å². The molecule has 4 rings (SSSR count). The maximum absolute atomic E-state index is 13.8. The van der Waals surface area contributed by atoms with Gasteiger partial charge in [0.25, 0.3) is 5.91 Å². The minimum absolute atomic E-state index is 0.226. The summed E-state index contributed by atoms with van der Waals surface area (Å²) in [5.74, 6) is 0.0839. The van der Waals surface area contributed by atoms with E-state index in [1.807, 2.05) is 52.8 Å². The van der Waals surface area contributed by atoms with Crippen LogP contribution in [0.4, 0.5) is 5.69 Å². The Bertz CT molecular complexity index is 1150. The number of aromatic nitrogens is 2. The van der Waals surface area contributed by atoms with Crippen LogP contribution in [0.1, 0.15) is 49.3 Å². The van der Waals surface area contributed by atoms with Crippen molar-refractivity contribution >= 4 is 17.5 Å². The molecule has 1 aliphatic rings. The summed E-state index contributed by atoms with van der Waals surface area (Å²) in [7, 11) is 0. The molecule has 0 aliphatic carbocycles. The molecule has 0 unspecified atom stereocenters. The zero-order chi connectivity index (χ0) is 22.6. The summed E-state index contributed by atoms with van der Waals surface area (Å²) < 4.78 is 7.08. The molecule has 2 aromatic heterocycles. The van der Waals surface area contributed by atoms with Crippen LogP contribution < -0.4 is 10.2 Å². The predicted octanol–water partition coefficient (Wildman–Crippen LogP) is 4.09. The number of rotatable bonds is 3. The van der Waals surface area contributed by atoms with Gasteiger partial charge in [-0.1, -0.05) is 12.1 Å². The molecule has 2 amide bonds. The van der Waals surface area contributed by atoms with Crippen LogP contribution in [-0.2, 0) is 11.3 Å². The van der Waals surface area contributed by atoms with Crippen molar-refractivity contribution in [1.29, 1.82) is 0 Å². The van der Waals surface area contributed by atoms with Gasteiger partial charge < -0.3 is 9.73 Å². The van der Waals surface area contributed by atoms with Gasteiger partial charge in [-0.15, -0.1) is 0 Å². The molecule has 0 spiro atoms. The van der Waals surface area contributed by atoms with E-state index in [2.05, 4.69) is 10.4 Å². The van der Waals surface area contributed by atoms with Crippen LogP contribution in [0.3, 0.4) is 0 Å². The van der Waals surface area contributed by atoms with Crippen molar-refractivity contribution in [1.82, 2.24) is 15.1 Å². The number of nitrogens with one attached hydrogen (secondary N) is 1. The zero-order valence-corrected chi connectivity index (χ0v) is 18.8. The van der Waals surface area contributed by atoms with Gasteiger partial charge in [0.1, 0.15) is 16.9 Å². The number of hydrogen-bond donors (Lipinski definition) is 1. The van der Waals surface area contributed by atoms with E-state index in [4.69, 9.17) is 4.42 Å². The number of anilines is 1. The molecular formula is C24H28N4O3. The Balaban J connectivity index is 1.88. The summed E-state index contributed by atoms with van der Waals surface area (Å²) in [5, 5.41) is 7.64. The van der Waals surface area contributed by atoms with Crippen molar-refractivity contribution in [3.05, 3.63) is 59.5 Å². The molecule has 0 bridgehead atoms. The van der Waals surface area contributed by atoms with E-state index in [0.717, 1.165) is 16.8 Å². The van der Waals surface area contributed by atoms with Crippen molar-refractivity contribution in [2.24, 2.45) is 0 Å². The number of hydrogen-bond acceptors (Lipinski definition) is 4. The van der Waals surface area contributed by atoms with Gasteiger partial charge in [0, 0.05) is 17.3 Å². The summed E-state index contributed by atoms with van der Waals surface area (Å²) >= 11 is 0. The Morgan fingerprint density at radius 1 is 1.19 bits per heavy atom. The maximum Gasteiger partial charge on any atom is 0.277 e. The Hall–Kier alpha value is -3.35. The molecule has 1 aromatic carbocycles. The quantitative estimate of drug-likeness (QED) is 0.692. The van der Waals surface area contributed by atoms with Crippen LogP contribution in [0.2, 0.25) is 0 Å². The standard InChI is InChI=1S/C24H28N4O3/c1-15-9-7-10-18(16(15)2)28-21(29)19-13-17(20-11-8-12-31-20)26-27(19)14-24(28,6)22(30)25-23(3,4)5/h7-13H,14H2,1-6H3,(H,25,30)/t24-/m1/s1. The Kier molecular flexibility index (Phi) is 4.80. The fourth-order valence-corrected chi connectivity index (χ4v) is 3.96. The van der Waals surface area contributed by atoms with Gasteiger partial charge in [0.05, 0.1) is 12.8 Å². The summed E-state index contributed by atoms with van der Waals surface area (Å²) in [6.45, 7) is 11.8. The summed E-state index contributed by atoms with van der Waals surface area (Å²) in [5.41, 5.74) is 2.12. The average Bonchev–Trinajstić information content (AvgIpc) is 3.33. The van der Waals surface area contributed by atoms with Crippen LogP contribution in [0, 0.1) is 13.8 Å². The number of fused-ring (bicyclic) bond motifs is 1. The van der Waals surface area contributed by atoms with Crippen molar-refractivity contribution in [3.63, 3.8) is 0 Å². The lowest BCUT2D eigenvalue weighted by molar-refractivity contribution is -0.128. The minimum atomic E-state index is -1.16. The highest BCUT2D eigenvalue weighted by Gasteiger charge is 2.50. The number of nitrogens with zero attached hydrogens (tertiary/aromatic N) is 3. The third kappa shape index (κ3) is 3.54. The van der Waals surface area contributed by atoms with E-state index < -0.39 is 11.1 Å². The Morgan fingerprint density at radius 2 is 1.94 bits per heavy atom. The molecule has 3 heterocycles. The van der Waals surface area contributed by atoms with Crippen LogP contribution in [0.15, 0.2) is 47.1 Å². The number of benzene rings is 1. The Morgan fingerprint density at radius 3 is 2.58 bits per heavy atom. The largest absolute Gasteiger partial charge is 0.463 e. The molecule has 1 N–H and O–H groups in total. The monoisotopic (exact) mass is 420 g/mol. The molecule has 7 heteroatoms. The van der Waals surface area contributed by atoms with Gasteiger partial charge in [0.2, 0.25) is 5.91 Å². The van der Waals surface area contributed by atoms with Gasteiger partial charge >= 0.3 is 0 Å². The fraction of sp³-hybridized carbons (Fsp3) is 0.375. The molecule has 0 radical (unpaired) electrons. The van der Waals surface area contributed by atoms with Crippen molar-refractivity contribution in [3.8, 4) is 11.5 Å². The maximum atomic E-state index is 13.8. The third-order valence-corrected chi connectivity index (χ3v) is 5.72. The first-order valence-electron chi connectivity index (χ1n) is 10.4. The topological polar surface area (TPSA) is 80.4 Å². The molecule has 0 saturated carbocycles. The van der Waals surface area contributed by atoms with E-state index in [1.165, 1.54) is 0 Å². The highest BCUT2D eigenvalue weighted by Crippen LogP contribution is 2.36. The van der Waals surface area contributed by atoms with E-state index >= 15 is 0 Å². The second kappa shape index (κ2) is 7.11. The normalized spacial score (nSPS) is 18.8. The predicted molar refractivity (Wildman–Crippen MR) is 119 cm³/mol. The molecule has 1 atom stereocenters. The number of furan rings is 1. The molecule has 0 saturated heterocycles. The van der Waals surface area contributed by atoms with Crippen LogP contribution in [0.25, 0.3) is 11.5 Å². The minimum Gasteiger partial charge on any atom is -0.463 e. The summed E-state index contributed by atoms with van der Waals surface area (Å²) in [6.07, 6.45) is 1.57. The lowest BCUT2D eigenvalue weighted by Gasteiger charge is -2.45. The van der Waals surface area contributed by atoms with Crippen LogP contribution in [-0.4, -0.2) is 32.7 Å². The Labute approximate surface area is 182 Å². The van der Waals surface area contributed by atoms with Crippen LogP contribution >= 0.6 is 0 Å². The lowest BCUT2D eigenvalue weighted by Crippen LogP contribution is -2.66. The highest BCUT2D eigenvalue weighted by molar-refractivity contribution is 6.12. The fourth-order valence-electron chi connectivity index (χ4n) is 3.96. The first kappa shape index (κ1) is 20.9. The van der Waals surface area contributed by atoms with Crippen molar-refractivity contribution in [2.75, 3.05) is 4.90 Å². The van der Waals surface area contributed by atoms with Gasteiger partial charge in [-0.2, -0.15) is 5.10 Å². The van der Waals surface area contributed by atoms with Crippen molar-refractivity contribution in [2.45, 2.75) is 59.2 Å². The number of carbonyl (C=O) groups excluding carboxylic acids is 2. The summed E-state index contributed by atoms with van der Waals surface area (Å²) in [4.78, 5) is 29.0. The molecule has 162 valence electrons. The molecule has 31 heavy (non-hydrogen) atoms. The molecular weight excluding hydrogens is 392 g/mol.